The minimum atomic E-state index is -3.65. The van der Waals surface area contributed by atoms with Crippen molar-refractivity contribution in [3.05, 3.63) is 59.8 Å². The lowest BCUT2D eigenvalue weighted by Crippen LogP contribution is -2.38. The predicted molar refractivity (Wildman–Crippen MR) is 125 cm³/mol. The van der Waals surface area contributed by atoms with Gasteiger partial charge < -0.3 is 19.9 Å². The number of anilines is 1. The van der Waals surface area contributed by atoms with E-state index in [1.54, 1.807) is 12.1 Å². The molecule has 1 amide bonds. The summed E-state index contributed by atoms with van der Waals surface area (Å²) in [6, 6.07) is 12.8. The van der Waals surface area contributed by atoms with Gasteiger partial charge in [-0.15, -0.1) is 0 Å². The molecule has 2 N–H and O–H groups in total. The van der Waals surface area contributed by atoms with E-state index in [4.69, 9.17) is 4.74 Å². The van der Waals surface area contributed by atoms with E-state index >= 15 is 0 Å². The molecule has 1 aliphatic heterocycles. The third-order valence-corrected chi connectivity index (χ3v) is 7.51. The molecule has 2 aromatic carbocycles. The zero-order valence-corrected chi connectivity index (χ0v) is 19.1. The van der Waals surface area contributed by atoms with Crippen LogP contribution in [0.25, 0.3) is 10.9 Å². The second-order valence-corrected chi connectivity index (χ2v) is 10.1. The van der Waals surface area contributed by atoms with Crippen LogP contribution >= 0.6 is 0 Å². The summed E-state index contributed by atoms with van der Waals surface area (Å²) in [6.07, 6.45) is 2.62. The maximum absolute atomic E-state index is 13.2. The van der Waals surface area contributed by atoms with Gasteiger partial charge in [0.1, 0.15) is 0 Å². The van der Waals surface area contributed by atoms with E-state index in [1.165, 1.54) is 20.2 Å². The molecule has 1 aromatic heterocycles. The third kappa shape index (κ3) is 4.50. The van der Waals surface area contributed by atoms with Crippen LogP contribution in [-0.4, -0.2) is 70.6 Å². The molecule has 4 rings (SSSR count). The maximum Gasteiger partial charge on any atom is 0.253 e. The van der Waals surface area contributed by atoms with Crippen LogP contribution < -0.4 is 10.2 Å². The fourth-order valence-electron chi connectivity index (χ4n) is 3.89. The first-order valence-electron chi connectivity index (χ1n) is 10.6. The van der Waals surface area contributed by atoms with Crippen LogP contribution in [0.2, 0.25) is 0 Å². The number of nitrogens with zero attached hydrogens (tertiary/aromatic N) is 2. The number of carbonyl (C=O) groups is 1. The molecular formula is C23H28N4O4S. The molecule has 0 aliphatic carbocycles. The lowest BCUT2D eigenvalue weighted by Gasteiger charge is -2.30. The first kappa shape index (κ1) is 22.3. The van der Waals surface area contributed by atoms with Gasteiger partial charge in [0.15, 0.2) is 0 Å². The molecule has 0 spiro atoms. The first-order valence-corrected chi connectivity index (χ1v) is 12.0. The minimum Gasteiger partial charge on any atom is -0.378 e. The van der Waals surface area contributed by atoms with E-state index in [2.05, 4.69) is 21.3 Å². The number of para-hydroxylation sites is 1. The van der Waals surface area contributed by atoms with Gasteiger partial charge in [0.25, 0.3) is 5.91 Å². The van der Waals surface area contributed by atoms with Gasteiger partial charge in [-0.25, -0.2) is 12.7 Å². The number of sulfonamides is 1. The molecule has 1 aliphatic rings. The highest BCUT2D eigenvalue weighted by Crippen LogP contribution is 2.26. The van der Waals surface area contributed by atoms with Gasteiger partial charge in [0.2, 0.25) is 10.0 Å². The lowest BCUT2D eigenvalue weighted by molar-refractivity contribution is 0.0952. The van der Waals surface area contributed by atoms with Gasteiger partial charge >= 0.3 is 0 Å². The fraction of sp³-hybridized carbons (Fsp3) is 0.348. The largest absolute Gasteiger partial charge is 0.378 e. The minimum absolute atomic E-state index is 0.0984. The van der Waals surface area contributed by atoms with Crippen molar-refractivity contribution >= 4 is 32.5 Å². The average molecular weight is 457 g/mol. The van der Waals surface area contributed by atoms with Gasteiger partial charge in [-0.05, 0) is 36.2 Å². The van der Waals surface area contributed by atoms with Crippen LogP contribution in [0.4, 0.5) is 5.69 Å². The number of rotatable bonds is 7. The number of aromatic nitrogens is 1. The Kier molecular flexibility index (Phi) is 6.50. The Morgan fingerprint density at radius 3 is 2.66 bits per heavy atom. The highest BCUT2D eigenvalue weighted by atomic mass is 32.2. The number of fused-ring (bicyclic) bond motifs is 1. The van der Waals surface area contributed by atoms with Crippen molar-refractivity contribution in [2.75, 3.05) is 51.8 Å². The van der Waals surface area contributed by atoms with Gasteiger partial charge in [-0.3, -0.25) is 4.79 Å². The molecule has 0 bridgehead atoms. The van der Waals surface area contributed by atoms with Crippen molar-refractivity contribution in [1.29, 1.82) is 0 Å². The smallest absolute Gasteiger partial charge is 0.253 e. The second kappa shape index (κ2) is 9.32. The summed E-state index contributed by atoms with van der Waals surface area (Å²) in [5.74, 6) is -0.290. The molecule has 170 valence electrons. The van der Waals surface area contributed by atoms with Crippen LogP contribution in [0.5, 0.6) is 0 Å². The van der Waals surface area contributed by atoms with Crippen LogP contribution in [0.1, 0.15) is 15.9 Å². The van der Waals surface area contributed by atoms with Crippen molar-refractivity contribution in [2.45, 2.75) is 11.3 Å². The molecule has 0 radical (unpaired) electrons. The van der Waals surface area contributed by atoms with Crippen molar-refractivity contribution < 1.29 is 17.9 Å². The Hall–Kier alpha value is -2.88. The Balaban J connectivity index is 1.56. The van der Waals surface area contributed by atoms with Crippen molar-refractivity contribution in [2.24, 2.45) is 0 Å². The molecule has 9 heteroatoms. The summed E-state index contributed by atoms with van der Waals surface area (Å²) in [4.78, 5) is 18.6. The Labute approximate surface area is 188 Å². The van der Waals surface area contributed by atoms with E-state index in [-0.39, 0.29) is 10.8 Å². The zero-order valence-electron chi connectivity index (χ0n) is 18.3. The van der Waals surface area contributed by atoms with E-state index in [9.17, 15) is 13.2 Å². The number of benzene rings is 2. The second-order valence-electron chi connectivity index (χ2n) is 7.93. The molecule has 0 atom stereocenters. The van der Waals surface area contributed by atoms with Gasteiger partial charge in [0.05, 0.1) is 23.7 Å². The fourth-order valence-corrected chi connectivity index (χ4v) is 4.82. The summed E-state index contributed by atoms with van der Waals surface area (Å²) in [7, 11) is -0.698. The standard InChI is InChI=1S/C23H28N4O4S/c1-26(2)32(29,30)18-7-8-22(27-11-13-31-14-12-27)20(15-18)23(28)24-10-9-17-16-25-21-6-4-3-5-19(17)21/h3-8,15-16,25H,9-14H2,1-2H3,(H,24,28). The summed E-state index contributed by atoms with van der Waals surface area (Å²) < 4.78 is 31.9. The predicted octanol–water partition coefficient (Wildman–Crippen LogP) is 2.23. The molecular weight excluding hydrogens is 428 g/mol. The molecule has 1 saturated heterocycles. The average Bonchev–Trinajstić information content (AvgIpc) is 3.22. The maximum atomic E-state index is 13.2. The Bertz CT molecular complexity index is 1210. The first-order chi connectivity index (χ1) is 15.4. The molecule has 2 heterocycles. The number of ether oxygens (including phenoxy) is 1. The van der Waals surface area contributed by atoms with E-state index < -0.39 is 10.0 Å². The topological polar surface area (TPSA) is 94.7 Å². The summed E-state index contributed by atoms with van der Waals surface area (Å²) in [5, 5.41) is 4.10. The summed E-state index contributed by atoms with van der Waals surface area (Å²) in [6.45, 7) is 2.87. The molecule has 3 aromatic rings. The highest BCUT2D eigenvalue weighted by molar-refractivity contribution is 7.89. The Morgan fingerprint density at radius 1 is 1.16 bits per heavy atom. The number of hydrogen-bond donors (Lipinski definition) is 2. The highest BCUT2D eigenvalue weighted by Gasteiger charge is 2.24. The van der Waals surface area contributed by atoms with Crippen molar-refractivity contribution in [3.63, 3.8) is 0 Å². The SMILES string of the molecule is CN(C)S(=O)(=O)c1ccc(N2CCOCC2)c(C(=O)NCCc2c[nH]c3ccccc23)c1. The number of aromatic amines is 1. The van der Waals surface area contributed by atoms with Crippen LogP contribution in [-0.2, 0) is 21.2 Å². The number of amides is 1. The molecule has 8 nitrogen and oxygen atoms in total. The van der Waals surface area contributed by atoms with Crippen LogP contribution in [0.3, 0.4) is 0 Å². The van der Waals surface area contributed by atoms with Gasteiger partial charge in [0, 0.05) is 56.5 Å². The number of carbonyl (C=O) groups excluding carboxylic acids is 1. The summed E-state index contributed by atoms with van der Waals surface area (Å²) >= 11 is 0. The normalized spacial score (nSPS) is 14.8. The van der Waals surface area contributed by atoms with E-state index in [0.717, 1.165) is 26.5 Å². The molecule has 1 fully saturated rings. The molecule has 32 heavy (non-hydrogen) atoms. The number of morpholine rings is 1. The lowest BCUT2D eigenvalue weighted by atomic mass is 10.1. The van der Waals surface area contributed by atoms with Crippen molar-refractivity contribution in [3.8, 4) is 0 Å². The van der Waals surface area contributed by atoms with Gasteiger partial charge in [-0.2, -0.15) is 0 Å². The number of nitrogens with one attached hydrogen (secondary N) is 2. The van der Waals surface area contributed by atoms with Crippen LogP contribution in [0, 0.1) is 0 Å². The quantitative estimate of drug-likeness (QED) is 0.569. The van der Waals surface area contributed by atoms with Crippen LogP contribution in [0.15, 0.2) is 53.6 Å². The van der Waals surface area contributed by atoms with Crippen molar-refractivity contribution in [1.82, 2.24) is 14.6 Å². The number of hydrogen-bond acceptors (Lipinski definition) is 5. The monoisotopic (exact) mass is 456 g/mol. The Morgan fingerprint density at radius 2 is 1.91 bits per heavy atom. The molecule has 0 unspecified atom stereocenters. The molecule has 0 saturated carbocycles. The van der Waals surface area contributed by atoms with E-state index in [1.807, 2.05) is 24.4 Å². The van der Waals surface area contributed by atoms with Gasteiger partial charge in [-0.1, -0.05) is 18.2 Å². The van der Waals surface area contributed by atoms with E-state index in [0.29, 0.717) is 44.8 Å². The zero-order chi connectivity index (χ0) is 22.7. The third-order valence-electron chi connectivity index (χ3n) is 5.70. The summed E-state index contributed by atoms with van der Waals surface area (Å²) in [5.41, 5.74) is 3.26. The number of H-pyrrole nitrogens is 1.